The summed E-state index contributed by atoms with van der Waals surface area (Å²) in [5.74, 6) is 2.81. The van der Waals surface area contributed by atoms with Crippen molar-refractivity contribution in [1.82, 2.24) is 24.5 Å². The minimum Gasteiger partial charge on any atom is -0.388 e. The van der Waals surface area contributed by atoms with Crippen molar-refractivity contribution in [2.45, 2.75) is 46.1 Å². The molecule has 1 aliphatic heterocycles. The molecule has 8 heteroatoms. The van der Waals surface area contributed by atoms with Gasteiger partial charge in [-0.1, -0.05) is 45.1 Å². The van der Waals surface area contributed by atoms with Crippen LogP contribution in [0.3, 0.4) is 0 Å². The molecule has 0 spiro atoms. The molecule has 1 fully saturated rings. The highest BCUT2D eigenvalue weighted by Gasteiger charge is 2.23. The van der Waals surface area contributed by atoms with E-state index in [9.17, 15) is 0 Å². The molecule has 1 saturated heterocycles. The maximum absolute atomic E-state index is 5.74. The van der Waals surface area contributed by atoms with Crippen LogP contribution >= 0.6 is 0 Å². The molecule has 0 aliphatic carbocycles. The Morgan fingerprint density at radius 1 is 1.21 bits per heavy atom. The van der Waals surface area contributed by atoms with Crippen molar-refractivity contribution in [3.8, 4) is 17.3 Å². The SMILES string of the molecule is C=Cc1c(NC)cccc1-c1nc(N2CCOC(C)C2)nc(-n2cc(CCC)nc2CC)n1.[HH]. The summed E-state index contributed by atoms with van der Waals surface area (Å²) in [5, 5.41) is 3.24. The highest BCUT2D eigenvalue weighted by Crippen LogP contribution is 2.30. The van der Waals surface area contributed by atoms with Crippen LogP contribution in [0.5, 0.6) is 0 Å². The summed E-state index contributed by atoms with van der Waals surface area (Å²) in [5.41, 5.74) is 3.91. The van der Waals surface area contributed by atoms with E-state index in [2.05, 4.69) is 43.8 Å². The van der Waals surface area contributed by atoms with Crippen molar-refractivity contribution in [3.05, 3.63) is 48.1 Å². The number of ether oxygens (including phenoxy) is 1. The van der Waals surface area contributed by atoms with Gasteiger partial charge in [-0.15, -0.1) is 0 Å². The molecule has 4 rings (SSSR count). The molecule has 1 atom stereocenters. The number of anilines is 2. The predicted octanol–water partition coefficient (Wildman–Crippen LogP) is 4.40. The highest BCUT2D eigenvalue weighted by atomic mass is 16.5. The van der Waals surface area contributed by atoms with E-state index >= 15 is 0 Å². The van der Waals surface area contributed by atoms with Gasteiger partial charge in [-0.3, -0.25) is 4.57 Å². The average molecular weight is 450 g/mol. The van der Waals surface area contributed by atoms with Crippen LogP contribution < -0.4 is 10.2 Å². The number of hydrogen-bond donors (Lipinski definition) is 1. The van der Waals surface area contributed by atoms with E-state index < -0.39 is 0 Å². The van der Waals surface area contributed by atoms with E-state index in [-0.39, 0.29) is 7.53 Å². The Morgan fingerprint density at radius 2 is 2.03 bits per heavy atom. The van der Waals surface area contributed by atoms with Crippen LogP contribution in [0, 0.1) is 0 Å². The van der Waals surface area contributed by atoms with Gasteiger partial charge in [0.05, 0.1) is 18.4 Å². The molecule has 1 N–H and O–H groups in total. The summed E-state index contributed by atoms with van der Waals surface area (Å²) in [7, 11) is 1.90. The lowest BCUT2D eigenvalue weighted by Crippen LogP contribution is -2.42. The van der Waals surface area contributed by atoms with Crippen molar-refractivity contribution >= 4 is 17.7 Å². The molecule has 1 aromatic carbocycles. The molecule has 3 aromatic rings. The van der Waals surface area contributed by atoms with E-state index in [1.807, 2.05) is 35.9 Å². The van der Waals surface area contributed by atoms with Crippen molar-refractivity contribution < 1.29 is 6.16 Å². The normalized spacial score (nSPS) is 16.1. The van der Waals surface area contributed by atoms with Crippen LogP contribution in [0.15, 0.2) is 31.0 Å². The predicted molar refractivity (Wildman–Crippen MR) is 135 cm³/mol. The number of benzene rings is 1. The number of hydrogen-bond acceptors (Lipinski definition) is 7. The minimum atomic E-state index is 0. The van der Waals surface area contributed by atoms with Crippen LogP contribution in [-0.2, 0) is 17.6 Å². The van der Waals surface area contributed by atoms with E-state index in [0.29, 0.717) is 24.3 Å². The fourth-order valence-electron chi connectivity index (χ4n) is 4.19. The van der Waals surface area contributed by atoms with Crippen molar-refractivity contribution in [1.29, 1.82) is 0 Å². The van der Waals surface area contributed by atoms with E-state index in [1.54, 1.807) is 0 Å². The molecule has 1 unspecified atom stereocenters. The Bertz CT molecular complexity index is 1130. The third-order valence-electron chi connectivity index (χ3n) is 5.82. The number of imidazole rings is 1. The molecule has 33 heavy (non-hydrogen) atoms. The molecular formula is C25H35N7O. The van der Waals surface area contributed by atoms with Gasteiger partial charge in [0.1, 0.15) is 5.82 Å². The molecular weight excluding hydrogens is 414 g/mol. The van der Waals surface area contributed by atoms with Crippen LogP contribution in [0.1, 0.15) is 45.7 Å². The second-order valence-corrected chi connectivity index (χ2v) is 8.23. The van der Waals surface area contributed by atoms with Gasteiger partial charge in [-0.25, -0.2) is 4.98 Å². The molecule has 0 amide bonds. The Labute approximate surface area is 197 Å². The second kappa shape index (κ2) is 10.1. The number of rotatable bonds is 8. The van der Waals surface area contributed by atoms with Crippen LogP contribution in [0.4, 0.5) is 11.6 Å². The Morgan fingerprint density at radius 3 is 2.73 bits per heavy atom. The zero-order chi connectivity index (χ0) is 23.4. The topological polar surface area (TPSA) is 81.0 Å². The first-order chi connectivity index (χ1) is 16.1. The van der Waals surface area contributed by atoms with Gasteiger partial charge in [-0.2, -0.15) is 15.0 Å². The first-order valence-corrected chi connectivity index (χ1v) is 11.7. The summed E-state index contributed by atoms with van der Waals surface area (Å²) < 4.78 is 7.76. The Balaban J connectivity index is 0.00000324. The van der Waals surface area contributed by atoms with Crippen LogP contribution in [-0.4, -0.2) is 57.4 Å². The third kappa shape index (κ3) is 4.75. The molecule has 8 nitrogen and oxygen atoms in total. The minimum absolute atomic E-state index is 0. The summed E-state index contributed by atoms with van der Waals surface area (Å²) in [6, 6.07) is 6.05. The van der Waals surface area contributed by atoms with Gasteiger partial charge < -0.3 is 15.0 Å². The van der Waals surface area contributed by atoms with Gasteiger partial charge in [0.2, 0.25) is 11.9 Å². The molecule has 0 bridgehead atoms. The zero-order valence-electron chi connectivity index (χ0n) is 20.0. The van der Waals surface area contributed by atoms with E-state index in [0.717, 1.165) is 60.7 Å². The lowest BCUT2D eigenvalue weighted by molar-refractivity contribution is 0.0526. The van der Waals surface area contributed by atoms with Crippen molar-refractivity contribution in [3.63, 3.8) is 0 Å². The summed E-state index contributed by atoms with van der Waals surface area (Å²) in [4.78, 5) is 21.7. The van der Waals surface area contributed by atoms with E-state index in [1.165, 1.54) is 0 Å². The van der Waals surface area contributed by atoms with Gasteiger partial charge in [-0.05, 0) is 19.4 Å². The first-order valence-electron chi connectivity index (χ1n) is 11.7. The summed E-state index contributed by atoms with van der Waals surface area (Å²) >= 11 is 0. The number of aromatic nitrogens is 5. The fraction of sp³-hybridized carbons (Fsp3) is 0.440. The zero-order valence-corrected chi connectivity index (χ0v) is 20.0. The molecule has 1 aliphatic rings. The Kier molecular flexibility index (Phi) is 7.03. The van der Waals surface area contributed by atoms with Gasteiger partial charge >= 0.3 is 0 Å². The van der Waals surface area contributed by atoms with Crippen molar-refractivity contribution in [2.24, 2.45) is 0 Å². The maximum atomic E-state index is 5.74. The Hall–Kier alpha value is -3.26. The molecule has 2 aromatic heterocycles. The fourth-order valence-corrected chi connectivity index (χ4v) is 4.19. The molecule has 0 radical (unpaired) electrons. The smallest absolute Gasteiger partial charge is 0.240 e. The number of aryl methyl sites for hydroxylation is 2. The lowest BCUT2D eigenvalue weighted by Gasteiger charge is -2.31. The average Bonchev–Trinajstić information content (AvgIpc) is 3.26. The number of morpholine rings is 1. The van der Waals surface area contributed by atoms with Crippen molar-refractivity contribution in [2.75, 3.05) is 37.0 Å². The maximum Gasteiger partial charge on any atom is 0.240 e. The quantitative estimate of drug-likeness (QED) is 0.546. The first kappa shape index (κ1) is 22.9. The molecule has 3 heterocycles. The van der Waals surface area contributed by atoms with Gasteiger partial charge in [0.15, 0.2) is 5.82 Å². The molecule has 0 saturated carbocycles. The van der Waals surface area contributed by atoms with Crippen LogP contribution in [0.2, 0.25) is 0 Å². The third-order valence-corrected chi connectivity index (χ3v) is 5.82. The lowest BCUT2D eigenvalue weighted by atomic mass is 10.0. The summed E-state index contributed by atoms with van der Waals surface area (Å²) in [6.45, 7) is 12.5. The number of nitrogens with one attached hydrogen (secondary N) is 1. The van der Waals surface area contributed by atoms with Gasteiger partial charge in [0, 0.05) is 51.0 Å². The van der Waals surface area contributed by atoms with Crippen LogP contribution in [0.25, 0.3) is 23.4 Å². The van der Waals surface area contributed by atoms with Gasteiger partial charge in [0.25, 0.3) is 0 Å². The summed E-state index contributed by atoms with van der Waals surface area (Å²) in [6.07, 6.45) is 6.78. The molecule has 176 valence electrons. The highest BCUT2D eigenvalue weighted by molar-refractivity contribution is 5.80. The van der Waals surface area contributed by atoms with E-state index in [4.69, 9.17) is 24.7 Å². The number of nitrogens with zero attached hydrogens (tertiary/aromatic N) is 6. The standard InChI is InChI=1S/C25H33N7O.H2/c1-6-10-18-16-32(22(8-3)27-18)25-29-23(20-11-9-12-21(26-5)19(20)7-2)28-24(30-25)31-13-14-33-17(4)15-31;/h7,9,11-12,16-17,26H,2,6,8,10,13-15H2,1,3-5H3;1H. The monoisotopic (exact) mass is 449 g/mol. The second-order valence-electron chi connectivity index (χ2n) is 8.23. The largest absolute Gasteiger partial charge is 0.388 e.